The van der Waals surface area contributed by atoms with Gasteiger partial charge < -0.3 is 0 Å². The molecule has 0 radical (unpaired) electrons. The Kier molecular flexibility index (Phi) is 4.31. The molecule has 1 aromatic rings. The van der Waals surface area contributed by atoms with E-state index in [0.717, 1.165) is 0 Å². The Balaban J connectivity index is 2.37. The molecule has 1 heterocycles. The third-order valence-corrected chi connectivity index (χ3v) is 6.29. The lowest BCUT2D eigenvalue weighted by Gasteiger charge is -2.44. The fourth-order valence-electron chi connectivity index (χ4n) is 2.32. The molecule has 0 atom stereocenters. The van der Waals surface area contributed by atoms with E-state index in [-0.39, 0.29) is 15.5 Å². The molecule has 5 nitrogen and oxygen atoms in total. The van der Waals surface area contributed by atoms with Crippen molar-refractivity contribution in [3.05, 3.63) is 28.8 Å². The Labute approximate surface area is 130 Å². The average Bonchev–Trinajstić information content (AvgIpc) is 2.41. The van der Waals surface area contributed by atoms with Gasteiger partial charge in [0.1, 0.15) is 4.90 Å². The molecule has 2 rings (SSSR count). The molecule has 1 aliphatic heterocycles. The molecule has 0 aromatic heterocycles. The van der Waals surface area contributed by atoms with Crippen LogP contribution in [0, 0.1) is 11.3 Å². The summed E-state index contributed by atoms with van der Waals surface area (Å²) in [6, 6.07) is 6.21. The van der Waals surface area contributed by atoms with Gasteiger partial charge in [-0.15, -0.1) is 0 Å². The molecule has 0 spiro atoms. The topological polar surface area (TPSA) is 64.4 Å². The van der Waals surface area contributed by atoms with Crippen molar-refractivity contribution in [2.45, 2.75) is 24.3 Å². The van der Waals surface area contributed by atoms with Gasteiger partial charge >= 0.3 is 0 Å². The minimum atomic E-state index is -3.65. The maximum atomic E-state index is 12.7. The number of nitriles is 1. The van der Waals surface area contributed by atoms with Gasteiger partial charge in [0.2, 0.25) is 10.0 Å². The highest BCUT2D eigenvalue weighted by Crippen LogP contribution is 2.29. The maximum Gasteiger partial charge on any atom is 0.244 e. The lowest BCUT2D eigenvalue weighted by Crippen LogP contribution is -2.58. The first-order valence-corrected chi connectivity index (χ1v) is 8.41. The zero-order valence-electron chi connectivity index (χ0n) is 12.3. The van der Waals surface area contributed by atoms with Gasteiger partial charge in [-0.2, -0.15) is 9.57 Å². The zero-order chi connectivity index (χ0) is 15.8. The number of sulfonamides is 1. The van der Waals surface area contributed by atoms with E-state index in [1.54, 1.807) is 0 Å². The first-order chi connectivity index (χ1) is 9.68. The second-order valence-corrected chi connectivity index (χ2v) is 8.14. The van der Waals surface area contributed by atoms with Crippen molar-refractivity contribution >= 4 is 21.6 Å². The minimum absolute atomic E-state index is 0.0588. The number of likely N-dealkylation sites (N-methyl/N-ethyl adjacent to an activating group) is 1. The minimum Gasteiger partial charge on any atom is -0.299 e. The van der Waals surface area contributed by atoms with Crippen LogP contribution in [0.4, 0.5) is 0 Å². The number of halogens is 1. The van der Waals surface area contributed by atoms with Gasteiger partial charge in [-0.1, -0.05) is 11.6 Å². The molecule has 1 fully saturated rings. The summed E-state index contributed by atoms with van der Waals surface area (Å²) < 4.78 is 26.9. The molecular weight excluding hydrogens is 310 g/mol. The average molecular weight is 328 g/mol. The molecule has 1 saturated heterocycles. The normalized spacial score (nSPS) is 20.1. The highest BCUT2D eigenvalue weighted by molar-refractivity contribution is 7.89. The van der Waals surface area contributed by atoms with Gasteiger partial charge in [-0.05, 0) is 39.1 Å². The van der Waals surface area contributed by atoms with Crippen molar-refractivity contribution in [2.75, 3.05) is 26.7 Å². The van der Waals surface area contributed by atoms with Crippen molar-refractivity contribution in [2.24, 2.45) is 0 Å². The molecule has 1 aromatic carbocycles. The van der Waals surface area contributed by atoms with Gasteiger partial charge in [0, 0.05) is 25.2 Å². The van der Waals surface area contributed by atoms with Crippen LogP contribution in [-0.4, -0.2) is 49.8 Å². The standard InChI is InChI=1S/C14H18ClN3O2S/c1-14(2)10-18(7-6-17(14)3)21(19,20)13-5-4-11(9-16)8-12(13)15/h4-5,8H,6-7,10H2,1-3H3. The summed E-state index contributed by atoms with van der Waals surface area (Å²) in [5, 5.41) is 8.92. The maximum absolute atomic E-state index is 12.7. The molecule has 114 valence electrons. The van der Waals surface area contributed by atoms with E-state index in [1.807, 2.05) is 27.0 Å². The number of piperazine rings is 1. The van der Waals surface area contributed by atoms with Gasteiger partial charge in [0.25, 0.3) is 0 Å². The third kappa shape index (κ3) is 3.06. The Morgan fingerprint density at radius 3 is 2.52 bits per heavy atom. The first-order valence-electron chi connectivity index (χ1n) is 6.59. The fourth-order valence-corrected chi connectivity index (χ4v) is 4.42. The number of rotatable bonds is 2. The SMILES string of the molecule is CN1CCN(S(=O)(=O)c2ccc(C#N)cc2Cl)CC1(C)C. The van der Waals surface area contributed by atoms with E-state index in [0.29, 0.717) is 25.2 Å². The van der Waals surface area contributed by atoms with E-state index in [2.05, 4.69) is 4.90 Å². The predicted molar refractivity (Wildman–Crippen MR) is 81.6 cm³/mol. The van der Waals surface area contributed by atoms with Crippen LogP contribution in [0.1, 0.15) is 19.4 Å². The molecule has 1 aliphatic rings. The van der Waals surface area contributed by atoms with Crippen LogP contribution in [0.15, 0.2) is 23.1 Å². The number of benzene rings is 1. The lowest BCUT2D eigenvalue weighted by molar-refractivity contribution is 0.0801. The quantitative estimate of drug-likeness (QED) is 0.832. The Morgan fingerprint density at radius 1 is 1.33 bits per heavy atom. The molecule has 0 N–H and O–H groups in total. The summed E-state index contributed by atoms with van der Waals surface area (Å²) in [6.45, 7) is 5.52. The molecule has 7 heteroatoms. The predicted octanol–water partition coefficient (Wildman–Crippen LogP) is 1.93. The second kappa shape index (κ2) is 5.58. The van der Waals surface area contributed by atoms with Crippen LogP contribution in [0.2, 0.25) is 5.02 Å². The monoisotopic (exact) mass is 327 g/mol. The van der Waals surface area contributed by atoms with Gasteiger partial charge in [-0.3, -0.25) is 4.90 Å². The van der Waals surface area contributed by atoms with E-state index in [4.69, 9.17) is 16.9 Å². The summed E-state index contributed by atoms with van der Waals surface area (Å²) >= 11 is 6.04. The largest absolute Gasteiger partial charge is 0.299 e. The summed E-state index contributed by atoms with van der Waals surface area (Å²) in [7, 11) is -1.66. The zero-order valence-corrected chi connectivity index (χ0v) is 13.9. The van der Waals surface area contributed by atoms with E-state index in [1.165, 1.54) is 22.5 Å². The number of hydrogen-bond donors (Lipinski definition) is 0. The molecule has 21 heavy (non-hydrogen) atoms. The summed E-state index contributed by atoms with van der Waals surface area (Å²) in [4.78, 5) is 2.20. The van der Waals surface area contributed by atoms with Gasteiger partial charge in [0.15, 0.2) is 0 Å². The van der Waals surface area contributed by atoms with Crippen LogP contribution in [-0.2, 0) is 10.0 Å². The van der Waals surface area contributed by atoms with Crippen LogP contribution in [0.25, 0.3) is 0 Å². The Bertz CT molecular complexity index is 695. The Hall–Kier alpha value is -1.13. The Morgan fingerprint density at radius 2 is 2.00 bits per heavy atom. The first kappa shape index (κ1) is 16.2. The fraction of sp³-hybridized carbons (Fsp3) is 0.500. The van der Waals surface area contributed by atoms with Crippen LogP contribution in [0.5, 0.6) is 0 Å². The molecular formula is C14H18ClN3O2S. The summed E-state index contributed by atoms with van der Waals surface area (Å²) in [5.41, 5.74) is 0.113. The second-order valence-electron chi connectivity index (χ2n) is 5.83. The van der Waals surface area contributed by atoms with Crippen molar-refractivity contribution in [3.63, 3.8) is 0 Å². The highest BCUT2D eigenvalue weighted by atomic mass is 35.5. The van der Waals surface area contributed by atoms with Crippen molar-refractivity contribution < 1.29 is 8.42 Å². The summed E-state index contributed by atoms with van der Waals surface area (Å²) in [5.74, 6) is 0. The van der Waals surface area contributed by atoms with Crippen LogP contribution >= 0.6 is 11.6 Å². The molecule has 0 unspecified atom stereocenters. The number of hydrogen-bond acceptors (Lipinski definition) is 4. The van der Waals surface area contributed by atoms with E-state index >= 15 is 0 Å². The van der Waals surface area contributed by atoms with Crippen molar-refractivity contribution in [3.8, 4) is 6.07 Å². The van der Waals surface area contributed by atoms with Crippen LogP contribution < -0.4 is 0 Å². The van der Waals surface area contributed by atoms with E-state index < -0.39 is 10.0 Å². The third-order valence-electron chi connectivity index (χ3n) is 3.96. The molecule has 0 saturated carbocycles. The van der Waals surface area contributed by atoms with Crippen molar-refractivity contribution in [1.82, 2.24) is 9.21 Å². The van der Waals surface area contributed by atoms with Gasteiger partial charge in [0.05, 0.1) is 16.7 Å². The lowest BCUT2D eigenvalue weighted by atomic mass is 10.0. The molecule has 0 bridgehead atoms. The highest BCUT2D eigenvalue weighted by Gasteiger charge is 2.37. The molecule has 0 amide bonds. The smallest absolute Gasteiger partial charge is 0.244 e. The molecule has 0 aliphatic carbocycles. The van der Waals surface area contributed by atoms with E-state index in [9.17, 15) is 8.42 Å². The summed E-state index contributed by atoms with van der Waals surface area (Å²) in [6.07, 6.45) is 0. The number of nitrogens with zero attached hydrogens (tertiary/aromatic N) is 3. The van der Waals surface area contributed by atoms with Crippen LogP contribution in [0.3, 0.4) is 0 Å². The van der Waals surface area contributed by atoms with Crippen molar-refractivity contribution in [1.29, 1.82) is 5.26 Å². The van der Waals surface area contributed by atoms with Gasteiger partial charge in [-0.25, -0.2) is 8.42 Å².